The van der Waals surface area contributed by atoms with Crippen LogP contribution in [0.1, 0.15) is 67.9 Å². The topological polar surface area (TPSA) is 132 Å². The number of hydrogen-bond acceptors (Lipinski definition) is 11. The molecule has 0 aromatic heterocycles. The summed E-state index contributed by atoms with van der Waals surface area (Å²) in [6.07, 6.45) is -5.28. The third kappa shape index (κ3) is 19.8. The quantitative estimate of drug-likeness (QED) is 0.186. The Morgan fingerprint density at radius 2 is 0.958 bits per heavy atom. The number of hydrogen-bond donors (Lipinski definition) is 0. The molecule has 1 aromatic rings. The highest BCUT2D eigenvalue weighted by molar-refractivity contribution is 5.86. The molecule has 0 bridgehead atoms. The van der Waals surface area contributed by atoms with Crippen LogP contribution >= 0.6 is 0 Å². The summed E-state index contributed by atoms with van der Waals surface area (Å²) in [5.74, 6) is -5.30. The summed E-state index contributed by atoms with van der Waals surface area (Å²) < 4.78 is 61.7. The van der Waals surface area contributed by atoms with Gasteiger partial charge in [0.2, 0.25) is 0 Å². The molecule has 0 N–H and O–H groups in total. The van der Waals surface area contributed by atoms with Crippen molar-refractivity contribution in [2.75, 3.05) is 52.4 Å². The summed E-state index contributed by atoms with van der Waals surface area (Å²) in [6.45, 7) is 11.5. The molecule has 272 valence electrons. The van der Waals surface area contributed by atoms with Gasteiger partial charge in [-0.1, -0.05) is 30.3 Å². The van der Waals surface area contributed by atoms with Gasteiger partial charge >= 0.3 is 36.0 Å². The van der Waals surface area contributed by atoms with Gasteiger partial charge in [-0.15, -0.1) is 0 Å². The predicted molar refractivity (Wildman–Crippen MR) is 169 cm³/mol. The van der Waals surface area contributed by atoms with Gasteiger partial charge in [0.1, 0.15) is 30.0 Å². The average Bonchev–Trinajstić information content (AvgIpc) is 2.89. The van der Waals surface area contributed by atoms with Crippen LogP contribution in [0.5, 0.6) is 0 Å². The molecule has 1 rings (SSSR count). The van der Waals surface area contributed by atoms with Crippen LogP contribution in [-0.2, 0) is 49.5 Å². The largest absolute Gasteiger partial charge is 0.471 e. The molecule has 48 heavy (non-hydrogen) atoms. The number of carbonyl (C=O) groups is 5. The SMILES string of the molecule is CC(C)(C)OC(=O)CN(CCN(CC(=O)OCc1ccccc1)CC(=O)OC(C)(C)C)CCN(CC(=O)OC(C)(C)C)C(=O)C(F)(F)F. The first-order valence-corrected chi connectivity index (χ1v) is 15.5. The van der Waals surface area contributed by atoms with E-state index >= 15 is 0 Å². The van der Waals surface area contributed by atoms with E-state index in [1.54, 1.807) is 65.8 Å². The molecule has 0 heterocycles. The number of benzene rings is 1. The van der Waals surface area contributed by atoms with E-state index in [9.17, 15) is 37.1 Å². The van der Waals surface area contributed by atoms with Crippen LogP contribution < -0.4 is 0 Å². The first-order valence-electron chi connectivity index (χ1n) is 15.5. The number of esters is 4. The maximum absolute atomic E-state index is 13.5. The molecule has 0 atom stereocenters. The maximum atomic E-state index is 13.5. The molecule has 0 radical (unpaired) electrons. The lowest BCUT2D eigenvalue weighted by molar-refractivity contribution is -0.188. The summed E-state index contributed by atoms with van der Waals surface area (Å²) in [7, 11) is 0. The number of nitrogens with zero attached hydrogens (tertiary/aromatic N) is 3. The van der Waals surface area contributed by atoms with Gasteiger partial charge in [-0.3, -0.25) is 33.8 Å². The van der Waals surface area contributed by atoms with E-state index in [1.807, 2.05) is 6.07 Å². The van der Waals surface area contributed by atoms with E-state index in [1.165, 1.54) is 30.6 Å². The van der Waals surface area contributed by atoms with Crippen molar-refractivity contribution >= 4 is 29.8 Å². The van der Waals surface area contributed by atoms with Crippen LogP contribution in [0.25, 0.3) is 0 Å². The van der Waals surface area contributed by atoms with E-state index in [2.05, 4.69) is 0 Å². The van der Waals surface area contributed by atoms with Crippen LogP contribution in [0.4, 0.5) is 13.2 Å². The number of amides is 1. The minimum Gasteiger partial charge on any atom is -0.460 e. The molecule has 1 amide bonds. The van der Waals surface area contributed by atoms with Gasteiger partial charge in [0, 0.05) is 26.2 Å². The van der Waals surface area contributed by atoms with E-state index < -0.39 is 72.4 Å². The highest BCUT2D eigenvalue weighted by Crippen LogP contribution is 2.19. The summed E-state index contributed by atoms with van der Waals surface area (Å²) >= 11 is 0. The summed E-state index contributed by atoms with van der Waals surface area (Å²) in [5.41, 5.74) is -1.95. The zero-order chi connectivity index (χ0) is 36.9. The summed E-state index contributed by atoms with van der Waals surface area (Å²) in [4.78, 5) is 66.0. The fourth-order valence-electron chi connectivity index (χ4n) is 4.07. The smallest absolute Gasteiger partial charge is 0.460 e. The van der Waals surface area contributed by atoms with Gasteiger partial charge in [-0.05, 0) is 67.9 Å². The normalized spacial score (nSPS) is 12.5. The Hall–Kier alpha value is -3.72. The van der Waals surface area contributed by atoms with Crippen molar-refractivity contribution in [3.05, 3.63) is 35.9 Å². The Kier molecular flexibility index (Phi) is 16.0. The minimum atomic E-state index is -5.28. The zero-order valence-electron chi connectivity index (χ0n) is 29.4. The molecule has 0 saturated carbocycles. The minimum absolute atomic E-state index is 0.00850. The van der Waals surface area contributed by atoms with Gasteiger partial charge in [-0.2, -0.15) is 13.2 Å². The van der Waals surface area contributed by atoms with E-state index in [0.717, 1.165) is 5.56 Å². The first kappa shape index (κ1) is 42.3. The Bertz CT molecular complexity index is 1220. The molecule has 12 nitrogen and oxygen atoms in total. The third-order valence-corrected chi connectivity index (χ3v) is 5.83. The highest BCUT2D eigenvalue weighted by Gasteiger charge is 2.43. The maximum Gasteiger partial charge on any atom is 0.471 e. The molecule has 0 saturated heterocycles. The Labute approximate surface area is 280 Å². The van der Waals surface area contributed by atoms with Crippen molar-refractivity contribution in [2.45, 2.75) is 91.9 Å². The Morgan fingerprint density at radius 3 is 1.42 bits per heavy atom. The molecule has 1 aromatic carbocycles. The standard InChI is InChI=1S/C33H50F3N3O9/c1-30(2,3)46-26(41)20-37(17-18-39(29(44)33(34,35)36)22-28(43)48-32(7,8)9)15-16-38(21-27(42)47-31(4,5)6)19-25(40)45-23-24-13-11-10-12-14-24/h10-14H,15-23H2,1-9H3. The van der Waals surface area contributed by atoms with Crippen LogP contribution in [0.3, 0.4) is 0 Å². The van der Waals surface area contributed by atoms with Gasteiger partial charge in [0.15, 0.2) is 0 Å². The molecular weight excluding hydrogens is 639 g/mol. The average molecular weight is 690 g/mol. The van der Waals surface area contributed by atoms with Gasteiger partial charge in [0.25, 0.3) is 0 Å². The van der Waals surface area contributed by atoms with Gasteiger partial charge in [0.05, 0.1) is 19.6 Å². The Morgan fingerprint density at radius 1 is 0.562 bits per heavy atom. The predicted octanol–water partition coefficient (Wildman–Crippen LogP) is 3.75. The molecule has 0 unspecified atom stereocenters. The molecule has 0 fully saturated rings. The fraction of sp³-hybridized carbons (Fsp3) is 0.667. The second kappa shape index (κ2) is 18.2. The van der Waals surface area contributed by atoms with Crippen molar-refractivity contribution < 1.29 is 56.1 Å². The second-order valence-corrected chi connectivity index (χ2v) is 14.1. The number of rotatable bonds is 16. The lowest BCUT2D eigenvalue weighted by atomic mass is 10.2. The molecule has 0 aliphatic heterocycles. The number of carbonyl (C=O) groups excluding carboxylic acids is 5. The van der Waals surface area contributed by atoms with Gasteiger partial charge < -0.3 is 23.8 Å². The molecule has 0 spiro atoms. The summed E-state index contributed by atoms with van der Waals surface area (Å²) in [6, 6.07) is 8.93. The lowest BCUT2D eigenvalue weighted by Gasteiger charge is -2.31. The van der Waals surface area contributed by atoms with Crippen molar-refractivity contribution in [3.8, 4) is 0 Å². The van der Waals surface area contributed by atoms with Crippen molar-refractivity contribution in [2.24, 2.45) is 0 Å². The van der Waals surface area contributed by atoms with Crippen molar-refractivity contribution in [1.29, 1.82) is 0 Å². The van der Waals surface area contributed by atoms with Crippen LogP contribution in [0.2, 0.25) is 0 Å². The van der Waals surface area contributed by atoms with E-state index in [4.69, 9.17) is 18.9 Å². The third-order valence-electron chi connectivity index (χ3n) is 5.83. The molecule has 0 aliphatic carbocycles. The Balaban J connectivity index is 3.19. The monoisotopic (exact) mass is 689 g/mol. The number of alkyl halides is 3. The first-order chi connectivity index (χ1) is 21.8. The van der Waals surface area contributed by atoms with E-state index in [0.29, 0.717) is 4.90 Å². The summed E-state index contributed by atoms with van der Waals surface area (Å²) in [5, 5.41) is 0. The molecule has 0 aliphatic rings. The zero-order valence-corrected chi connectivity index (χ0v) is 29.4. The molecule has 15 heteroatoms. The van der Waals surface area contributed by atoms with Crippen LogP contribution in [0, 0.1) is 0 Å². The van der Waals surface area contributed by atoms with Crippen molar-refractivity contribution in [3.63, 3.8) is 0 Å². The number of halogens is 3. The molecular formula is C33H50F3N3O9. The van der Waals surface area contributed by atoms with Crippen LogP contribution in [0.15, 0.2) is 30.3 Å². The number of ether oxygens (including phenoxy) is 4. The second-order valence-electron chi connectivity index (χ2n) is 14.1. The van der Waals surface area contributed by atoms with E-state index in [-0.39, 0.29) is 39.3 Å². The van der Waals surface area contributed by atoms with Crippen molar-refractivity contribution in [1.82, 2.24) is 14.7 Å². The highest BCUT2D eigenvalue weighted by atomic mass is 19.4. The fourth-order valence-corrected chi connectivity index (χ4v) is 4.07. The van der Waals surface area contributed by atoms with Crippen LogP contribution in [-0.4, -0.2) is 120 Å². The van der Waals surface area contributed by atoms with Gasteiger partial charge in [-0.25, -0.2) is 0 Å². The lowest BCUT2D eigenvalue weighted by Crippen LogP contribution is -2.50.